The predicted molar refractivity (Wildman–Crippen MR) is 95.0 cm³/mol. The summed E-state index contributed by atoms with van der Waals surface area (Å²) in [6.07, 6.45) is 2.02. The summed E-state index contributed by atoms with van der Waals surface area (Å²) in [5.41, 5.74) is -0.502. The largest absolute Gasteiger partial charge is 0.444 e. The van der Waals surface area contributed by atoms with E-state index in [1.165, 1.54) is 0 Å². The molecule has 0 aromatic carbocycles. The van der Waals surface area contributed by atoms with Crippen molar-refractivity contribution < 1.29 is 19.1 Å². The van der Waals surface area contributed by atoms with Gasteiger partial charge in [0, 0.05) is 0 Å². The van der Waals surface area contributed by atoms with Gasteiger partial charge in [0.1, 0.15) is 11.2 Å². The zero-order valence-electron chi connectivity index (χ0n) is 15.6. The number of hydrogen-bond acceptors (Lipinski definition) is 5. The molecule has 0 aliphatic carbocycles. The average molecular weight is 339 g/mol. The van der Waals surface area contributed by atoms with Crippen LogP contribution >= 0.6 is 0 Å². The second kappa shape index (κ2) is 9.10. The third kappa shape index (κ3) is 11.3. The minimum atomic E-state index is -0.724. The van der Waals surface area contributed by atoms with Gasteiger partial charge in [0.15, 0.2) is 0 Å². The van der Waals surface area contributed by atoms with Crippen LogP contribution in [0.2, 0.25) is 0 Å². The van der Waals surface area contributed by atoms with E-state index in [2.05, 4.69) is 22.2 Å². The molecule has 7 heteroatoms. The number of allylic oxidation sites excluding steroid dienone is 1. The summed E-state index contributed by atoms with van der Waals surface area (Å²) in [6.45, 7) is 16.2. The van der Waals surface area contributed by atoms with Gasteiger partial charge >= 0.3 is 12.2 Å². The number of nitrogens with one attached hydrogen (secondary N) is 2. The number of carbonyl (C=O) groups excluding carboxylic acids is 2. The highest BCUT2D eigenvalue weighted by molar-refractivity contribution is 6.01. The molecule has 0 aliphatic heterocycles. The normalized spacial score (nSPS) is 12.0. The third-order valence-corrected chi connectivity index (χ3v) is 2.29. The van der Waals surface area contributed by atoms with E-state index in [1.807, 2.05) is 13.0 Å². The van der Waals surface area contributed by atoms with Crippen LogP contribution in [0.4, 0.5) is 9.59 Å². The van der Waals surface area contributed by atoms with Crippen LogP contribution in [-0.2, 0) is 9.47 Å². The Hall–Kier alpha value is -2.31. The molecule has 0 saturated carbocycles. The van der Waals surface area contributed by atoms with Crippen LogP contribution in [0, 0.1) is 0 Å². The van der Waals surface area contributed by atoms with Crippen molar-refractivity contribution in [1.82, 2.24) is 10.6 Å². The van der Waals surface area contributed by atoms with Crippen molar-refractivity contribution in [1.29, 1.82) is 0 Å². The lowest BCUT2D eigenvalue weighted by Gasteiger charge is -2.22. The molecule has 0 radical (unpaired) electrons. The molecule has 0 aromatic heterocycles. The van der Waals surface area contributed by atoms with Gasteiger partial charge in [-0.25, -0.2) is 14.6 Å². The van der Waals surface area contributed by atoms with Gasteiger partial charge in [-0.3, -0.25) is 10.6 Å². The molecule has 0 heterocycles. The first-order chi connectivity index (χ1) is 10.9. The van der Waals surface area contributed by atoms with E-state index < -0.39 is 23.4 Å². The van der Waals surface area contributed by atoms with Crippen LogP contribution in [0.1, 0.15) is 48.5 Å². The first kappa shape index (κ1) is 21.7. The van der Waals surface area contributed by atoms with E-state index in [4.69, 9.17) is 9.47 Å². The molecule has 0 atom stereocenters. The van der Waals surface area contributed by atoms with Crippen LogP contribution in [0.15, 0.2) is 29.3 Å². The molecule has 0 rings (SSSR count). The zero-order chi connectivity index (χ0) is 19.0. The van der Waals surface area contributed by atoms with Crippen molar-refractivity contribution in [3.63, 3.8) is 0 Å². The number of nitrogens with zero attached hydrogens (tertiary/aromatic N) is 1. The topological polar surface area (TPSA) is 89.0 Å². The molecule has 2 N–H and O–H groups in total. The maximum Gasteiger partial charge on any atom is 0.414 e. The molecular formula is C17H29N3O4. The Morgan fingerprint density at radius 2 is 1.42 bits per heavy atom. The van der Waals surface area contributed by atoms with Gasteiger partial charge in [-0.05, 0) is 54.0 Å². The lowest BCUT2D eigenvalue weighted by atomic mass is 10.2. The second-order valence-corrected chi connectivity index (χ2v) is 6.99. The Morgan fingerprint density at radius 1 is 1.00 bits per heavy atom. The highest BCUT2D eigenvalue weighted by Crippen LogP contribution is 2.07. The second-order valence-electron chi connectivity index (χ2n) is 6.99. The van der Waals surface area contributed by atoms with Gasteiger partial charge in [-0.1, -0.05) is 18.7 Å². The summed E-state index contributed by atoms with van der Waals surface area (Å²) in [5.74, 6) is -0.0558. The SMILES string of the molecule is C=C/C(=C\C)CN=C(NC(=O)OC(C)(C)C)NC(=O)OC(C)(C)C. The third-order valence-electron chi connectivity index (χ3n) is 2.29. The van der Waals surface area contributed by atoms with E-state index in [1.54, 1.807) is 47.6 Å². The summed E-state index contributed by atoms with van der Waals surface area (Å²) in [5, 5.41) is 4.82. The highest BCUT2D eigenvalue weighted by Gasteiger charge is 2.21. The van der Waals surface area contributed by atoms with Crippen molar-refractivity contribution in [3.8, 4) is 0 Å². The van der Waals surface area contributed by atoms with E-state index in [0.29, 0.717) is 0 Å². The average Bonchev–Trinajstić information content (AvgIpc) is 2.34. The van der Waals surface area contributed by atoms with E-state index in [0.717, 1.165) is 5.57 Å². The first-order valence-electron chi connectivity index (χ1n) is 7.68. The van der Waals surface area contributed by atoms with Crippen molar-refractivity contribution in [2.24, 2.45) is 4.99 Å². The molecule has 0 aromatic rings. The Morgan fingerprint density at radius 3 is 1.71 bits per heavy atom. The molecule has 0 spiro atoms. The summed E-state index contributed by atoms with van der Waals surface area (Å²) >= 11 is 0. The Labute approximate surface area is 144 Å². The molecule has 136 valence electrons. The van der Waals surface area contributed by atoms with Crippen LogP contribution in [0.25, 0.3) is 0 Å². The van der Waals surface area contributed by atoms with Crippen molar-refractivity contribution in [2.75, 3.05) is 6.54 Å². The van der Waals surface area contributed by atoms with Gasteiger partial charge in [-0.2, -0.15) is 0 Å². The number of hydrogen-bond donors (Lipinski definition) is 2. The van der Waals surface area contributed by atoms with Crippen molar-refractivity contribution >= 4 is 18.1 Å². The molecule has 7 nitrogen and oxygen atoms in total. The lowest BCUT2D eigenvalue weighted by Crippen LogP contribution is -2.47. The number of aliphatic imine (C=N–C) groups is 1. The van der Waals surface area contributed by atoms with Gasteiger partial charge in [0.05, 0.1) is 6.54 Å². The Bertz CT molecular complexity index is 491. The lowest BCUT2D eigenvalue weighted by molar-refractivity contribution is 0.0545. The standard InChI is InChI=1S/C17H29N3O4/c1-9-12(10-2)11-18-13(19-14(21)23-16(3,4)5)20-15(22)24-17(6,7)8/h9-10H,1,11H2,2-8H3,(H2,18,19,20,21,22)/b12-10+. The van der Waals surface area contributed by atoms with Gasteiger partial charge in [0.2, 0.25) is 5.96 Å². The monoisotopic (exact) mass is 339 g/mol. The fourth-order valence-electron chi connectivity index (χ4n) is 1.35. The maximum absolute atomic E-state index is 11.9. The minimum absolute atomic E-state index is 0.0558. The van der Waals surface area contributed by atoms with Crippen LogP contribution in [-0.4, -0.2) is 35.9 Å². The fourth-order valence-corrected chi connectivity index (χ4v) is 1.35. The molecule has 24 heavy (non-hydrogen) atoms. The minimum Gasteiger partial charge on any atom is -0.444 e. The number of carbonyl (C=O) groups is 2. The molecule has 0 unspecified atom stereocenters. The number of alkyl carbamates (subject to hydrolysis) is 2. The molecule has 0 bridgehead atoms. The number of guanidine groups is 1. The van der Waals surface area contributed by atoms with E-state index in [-0.39, 0.29) is 12.5 Å². The number of ether oxygens (including phenoxy) is 2. The first-order valence-corrected chi connectivity index (χ1v) is 7.68. The summed E-state index contributed by atoms with van der Waals surface area (Å²) in [6, 6.07) is 0. The Kier molecular flexibility index (Phi) is 8.22. The number of rotatable bonds is 3. The van der Waals surface area contributed by atoms with Gasteiger partial charge < -0.3 is 9.47 Å². The predicted octanol–water partition coefficient (Wildman–Crippen LogP) is 3.52. The molecule has 0 fully saturated rings. The van der Waals surface area contributed by atoms with Crippen LogP contribution < -0.4 is 10.6 Å². The molecule has 0 saturated heterocycles. The van der Waals surface area contributed by atoms with Gasteiger partial charge in [0.25, 0.3) is 0 Å². The van der Waals surface area contributed by atoms with Crippen LogP contribution in [0.5, 0.6) is 0 Å². The quantitative estimate of drug-likeness (QED) is 0.468. The molecule has 2 amide bonds. The van der Waals surface area contributed by atoms with Crippen molar-refractivity contribution in [3.05, 3.63) is 24.3 Å². The molecular weight excluding hydrogens is 310 g/mol. The molecule has 0 aliphatic rings. The van der Waals surface area contributed by atoms with E-state index in [9.17, 15) is 9.59 Å². The summed E-state index contributed by atoms with van der Waals surface area (Å²) in [7, 11) is 0. The smallest absolute Gasteiger partial charge is 0.414 e. The van der Waals surface area contributed by atoms with Crippen LogP contribution in [0.3, 0.4) is 0 Å². The maximum atomic E-state index is 11.9. The number of amides is 2. The summed E-state index contributed by atoms with van der Waals surface area (Å²) in [4.78, 5) is 27.9. The van der Waals surface area contributed by atoms with E-state index >= 15 is 0 Å². The zero-order valence-corrected chi connectivity index (χ0v) is 15.6. The van der Waals surface area contributed by atoms with Crippen molar-refractivity contribution in [2.45, 2.75) is 59.7 Å². The fraction of sp³-hybridized carbons (Fsp3) is 0.588. The highest BCUT2D eigenvalue weighted by atomic mass is 16.6. The van der Waals surface area contributed by atoms with Gasteiger partial charge in [-0.15, -0.1) is 0 Å². The summed E-state index contributed by atoms with van der Waals surface area (Å²) < 4.78 is 10.3. The Balaban J connectivity index is 5.08.